The molecular weight excluding hydrogens is 242 g/mol. The molecule has 5 nitrogen and oxygen atoms in total. The zero-order valence-electron chi connectivity index (χ0n) is 10.4. The van der Waals surface area contributed by atoms with Crippen LogP contribution in [0.3, 0.4) is 0 Å². The van der Waals surface area contributed by atoms with Gasteiger partial charge >= 0.3 is 5.97 Å². The van der Waals surface area contributed by atoms with Gasteiger partial charge in [-0.05, 0) is 31.8 Å². The number of carbonyl (C=O) groups is 1. The van der Waals surface area contributed by atoms with E-state index in [1.54, 1.807) is 6.92 Å². The highest BCUT2D eigenvalue weighted by atomic mass is 32.2. The lowest BCUT2D eigenvalue weighted by Crippen LogP contribution is -2.39. The van der Waals surface area contributed by atoms with Gasteiger partial charge in [-0.3, -0.25) is 9.69 Å². The first-order chi connectivity index (χ1) is 7.87. The normalized spacial score (nSPS) is 26.2. The minimum atomic E-state index is -2.94. The molecule has 0 spiro atoms. The van der Waals surface area contributed by atoms with Gasteiger partial charge in [-0.1, -0.05) is 13.8 Å². The highest BCUT2D eigenvalue weighted by molar-refractivity contribution is 7.91. The van der Waals surface area contributed by atoms with Crippen molar-refractivity contribution in [1.29, 1.82) is 0 Å². The van der Waals surface area contributed by atoms with E-state index >= 15 is 0 Å². The van der Waals surface area contributed by atoms with Crippen molar-refractivity contribution in [3.63, 3.8) is 0 Å². The minimum absolute atomic E-state index is 0.148. The maximum Gasteiger partial charge on any atom is 0.321 e. The van der Waals surface area contributed by atoms with Gasteiger partial charge < -0.3 is 5.11 Å². The molecule has 0 aromatic rings. The van der Waals surface area contributed by atoms with Crippen LogP contribution in [0.1, 0.15) is 26.7 Å². The average molecular weight is 263 g/mol. The number of hydrogen-bond acceptors (Lipinski definition) is 4. The van der Waals surface area contributed by atoms with E-state index in [0.717, 1.165) is 13.0 Å². The van der Waals surface area contributed by atoms with Gasteiger partial charge in [0.15, 0.2) is 0 Å². The topological polar surface area (TPSA) is 74.7 Å². The number of carboxylic acid groups (broad SMARTS) is 1. The number of sulfone groups is 1. The summed E-state index contributed by atoms with van der Waals surface area (Å²) in [7, 11) is -2.94. The van der Waals surface area contributed by atoms with Crippen LogP contribution in [-0.2, 0) is 14.6 Å². The summed E-state index contributed by atoms with van der Waals surface area (Å²) in [6.45, 7) is 4.87. The molecule has 100 valence electrons. The predicted octanol–water partition coefficient (Wildman–Crippen LogP) is 0.606. The van der Waals surface area contributed by atoms with Gasteiger partial charge in [0.05, 0.1) is 5.75 Å². The average Bonchev–Trinajstić information content (AvgIpc) is 2.59. The van der Waals surface area contributed by atoms with E-state index in [-0.39, 0.29) is 17.4 Å². The summed E-state index contributed by atoms with van der Waals surface area (Å²) in [5.41, 5.74) is 0. The summed E-state index contributed by atoms with van der Waals surface area (Å²) in [6.07, 6.45) is 1.39. The maximum atomic E-state index is 11.3. The Morgan fingerprint density at radius 2 is 2.12 bits per heavy atom. The fraction of sp³-hybridized carbons (Fsp3) is 0.909. The third-order valence-corrected chi connectivity index (χ3v) is 5.19. The van der Waals surface area contributed by atoms with Gasteiger partial charge in [-0.15, -0.1) is 0 Å². The monoisotopic (exact) mass is 263 g/mol. The Labute approximate surface area is 103 Å². The lowest BCUT2D eigenvalue weighted by molar-refractivity contribution is -0.143. The highest BCUT2D eigenvalue weighted by Crippen LogP contribution is 2.24. The minimum Gasteiger partial charge on any atom is -0.480 e. The van der Waals surface area contributed by atoms with Crippen molar-refractivity contribution < 1.29 is 18.3 Å². The number of nitrogens with zero attached hydrogens (tertiary/aromatic N) is 1. The first-order valence-corrected chi connectivity index (χ1v) is 7.87. The molecule has 1 rings (SSSR count). The van der Waals surface area contributed by atoms with Crippen LogP contribution in [0.25, 0.3) is 0 Å². The molecule has 0 aromatic heterocycles. The highest BCUT2D eigenvalue weighted by Gasteiger charge is 2.36. The third-order valence-electron chi connectivity index (χ3n) is 3.40. The van der Waals surface area contributed by atoms with Crippen LogP contribution in [0.4, 0.5) is 0 Å². The third kappa shape index (κ3) is 3.96. The predicted molar refractivity (Wildman–Crippen MR) is 65.7 cm³/mol. The molecule has 1 aliphatic heterocycles. The van der Waals surface area contributed by atoms with Crippen molar-refractivity contribution in [2.75, 3.05) is 24.6 Å². The van der Waals surface area contributed by atoms with E-state index in [9.17, 15) is 13.2 Å². The Bertz CT molecular complexity index is 366. The van der Waals surface area contributed by atoms with Gasteiger partial charge in [0.2, 0.25) is 0 Å². The fourth-order valence-electron chi connectivity index (χ4n) is 2.31. The number of aliphatic carboxylic acids is 1. The Morgan fingerprint density at radius 1 is 1.47 bits per heavy atom. The molecule has 0 bridgehead atoms. The second-order valence-electron chi connectivity index (χ2n) is 4.67. The lowest BCUT2D eigenvalue weighted by atomic mass is 10.0. The van der Waals surface area contributed by atoms with Crippen molar-refractivity contribution in [2.45, 2.75) is 32.7 Å². The molecular formula is C11H21NO4S. The van der Waals surface area contributed by atoms with Crippen molar-refractivity contribution in [3.8, 4) is 0 Å². The van der Waals surface area contributed by atoms with Crippen LogP contribution in [0, 0.1) is 5.92 Å². The Morgan fingerprint density at radius 3 is 2.65 bits per heavy atom. The molecule has 1 aliphatic rings. The summed E-state index contributed by atoms with van der Waals surface area (Å²) in [6, 6.07) is -0.445. The van der Waals surface area contributed by atoms with Crippen LogP contribution in [0.2, 0.25) is 0 Å². The van der Waals surface area contributed by atoms with Gasteiger partial charge in [0, 0.05) is 5.75 Å². The molecule has 17 heavy (non-hydrogen) atoms. The standard InChI is InChI=1S/C11H21NO4S/c1-3-17(15,16)8-4-6-12-7-5-9(2)10(12)11(13)14/h9-10H,3-8H2,1-2H3,(H,13,14). The van der Waals surface area contributed by atoms with E-state index in [4.69, 9.17) is 5.11 Å². The quantitative estimate of drug-likeness (QED) is 0.760. The molecule has 0 radical (unpaired) electrons. The summed E-state index contributed by atoms with van der Waals surface area (Å²) < 4.78 is 22.6. The molecule has 1 fully saturated rings. The number of likely N-dealkylation sites (tertiary alicyclic amines) is 1. The lowest BCUT2D eigenvalue weighted by Gasteiger charge is -2.22. The molecule has 1 N–H and O–H groups in total. The van der Waals surface area contributed by atoms with E-state index in [1.165, 1.54) is 0 Å². The van der Waals surface area contributed by atoms with E-state index in [0.29, 0.717) is 13.0 Å². The van der Waals surface area contributed by atoms with E-state index in [1.807, 2.05) is 11.8 Å². The van der Waals surface area contributed by atoms with Crippen LogP contribution in [-0.4, -0.2) is 55.0 Å². The summed E-state index contributed by atoms with van der Waals surface area (Å²) >= 11 is 0. The SMILES string of the molecule is CCS(=O)(=O)CCCN1CCC(C)C1C(=O)O. The van der Waals surface area contributed by atoms with Gasteiger partial charge in [0.25, 0.3) is 0 Å². The number of hydrogen-bond donors (Lipinski definition) is 1. The van der Waals surface area contributed by atoms with Crippen molar-refractivity contribution >= 4 is 15.8 Å². The van der Waals surface area contributed by atoms with Crippen LogP contribution in [0.15, 0.2) is 0 Å². The summed E-state index contributed by atoms with van der Waals surface area (Å²) in [5.74, 6) is -0.337. The molecule has 1 saturated heterocycles. The van der Waals surface area contributed by atoms with Crippen molar-refractivity contribution in [1.82, 2.24) is 4.90 Å². The Balaban J connectivity index is 2.44. The van der Waals surface area contributed by atoms with Crippen molar-refractivity contribution in [3.05, 3.63) is 0 Å². The molecule has 0 aromatic carbocycles. The fourth-order valence-corrected chi connectivity index (χ4v) is 3.17. The van der Waals surface area contributed by atoms with E-state index in [2.05, 4.69) is 0 Å². The Hall–Kier alpha value is -0.620. The summed E-state index contributed by atoms with van der Waals surface area (Å²) in [4.78, 5) is 13.0. The Kier molecular flexibility index (Phi) is 4.94. The number of rotatable bonds is 6. The molecule has 2 atom stereocenters. The van der Waals surface area contributed by atoms with Crippen LogP contribution in [0.5, 0.6) is 0 Å². The smallest absolute Gasteiger partial charge is 0.321 e. The molecule has 0 aliphatic carbocycles. The first-order valence-electron chi connectivity index (χ1n) is 6.04. The van der Waals surface area contributed by atoms with Gasteiger partial charge in [0.1, 0.15) is 15.9 Å². The molecule has 2 unspecified atom stereocenters. The van der Waals surface area contributed by atoms with Crippen LogP contribution >= 0.6 is 0 Å². The second-order valence-corrected chi connectivity index (χ2v) is 7.15. The number of carboxylic acids is 1. The van der Waals surface area contributed by atoms with E-state index < -0.39 is 21.8 Å². The molecule has 0 amide bonds. The molecule has 1 heterocycles. The largest absolute Gasteiger partial charge is 0.480 e. The van der Waals surface area contributed by atoms with Gasteiger partial charge in [-0.2, -0.15) is 0 Å². The summed E-state index contributed by atoms with van der Waals surface area (Å²) in [5, 5.41) is 9.10. The molecule has 6 heteroatoms. The zero-order valence-corrected chi connectivity index (χ0v) is 11.2. The van der Waals surface area contributed by atoms with Gasteiger partial charge in [-0.25, -0.2) is 8.42 Å². The second kappa shape index (κ2) is 5.82. The molecule has 0 saturated carbocycles. The van der Waals surface area contributed by atoms with Crippen LogP contribution < -0.4 is 0 Å². The zero-order chi connectivity index (χ0) is 13.1. The first kappa shape index (κ1) is 14.4. The van der Waals surface area contributed by atoms with Crippen molar-refractivity contribution in [2.24, 2.45) is 5.92 Å². The maximum absolute atomic E-state index is 11.3.